The van der Waals surface area contributed by atoms with Crippen LogP contribution < -0.4 is 27.4 Å². The van der Waals surface area contributed by atoms with Gasteiger partial charge in [-0.05, 0) is 38.5 Å². The number of nitrogens with two attached hydrogens (primary N) is 2. The van der Waals surface area contributed by atoms with E-state index in [0.29, 0.717) is 25.8 Å². The molecule has 3 unspecified atom stereocenters. The number of likely N-dealkylation sites (tertiary alicyclic amines) is 1. The molecule has 5 amide bonds. The second-order valence-electron chi connectivity index (χ2n) is 9.39. The van der Waals surface area contributed by atoms with E-state index in [1.807, 2.05) is 69.2 Å². The highest BCUT2D eigenvalue weighted by Crippen LogP contribution is 2.16. The lowest BCUT2D eigenvalue weighted by atomic mass is 10.0. The Labute approximate surface area is 268 Å². The van der Waals surface area contributed by atoms with E-state index in [1.54, 1.807) is 0 Å². The minimum absolute atomic E-state index is 0.0233. The number of nitrogens with zero attached hydrogens (tertiary/aromatic N) is 1. The standard InChI is InChI=1S/C21H36N6O6.C3H8.4C2H6/c1-12(2)9-14(22)20(32)24-10-17(29)26-15(7-6-13(3)28)21(33)25-11-18(30)27-8-4-5-16(27)19(23)31;1-3-2;4*1-2/h12,14-16H,4-11,22H2,1-3H3,(H2,23,31)(H,24,32)(H,25,33)(H,26,29);3H2,1-2H3;4*1-2H3. The average Bonchev–Trinajstić information content (AvgIpc) is 3.51. The summed E-state index contributed by atoms with van der Waals surface area (Å²) < 4.78 is 0. The van der Waals surface area contributed by atoms with Crippen LogP contribution in [0.25, 0.3) is 0 Å². The first-order valence-electron chi connectivity index (χ1n) is 16.5. The zero-order valence-corrected chi connectivity index (χ0v) is 30.2. The van der Waals surface area contributed by atoms with Crippen LogP contribution in [0.1, 0.15) is 129 Å². The number of Topliss-reactive ketones (excluding diaryl/α,β-unsaturated/α-hetero) is 1. The zero-order chi connectivity index (χ0) is 35.8. The first kappa shape index (κ1) is 50.6. The molecule has 0 aliphatic carbocycles. The molecule has 12 heteroatoms. The molecule has 262 valence electrons. The van der Waals surface area contributed by atoms with Gasteiger partial charge in [0.05, 0.1) is 19.1 Å². The topological polar surface area (TPSA) is 194 Å². The number of rotatable bonds is 13. The van der Waals surface area contributed by atoms with E-state index in [4.69, 9.17) is 11.5 Å². The lowest BCUT2D eigenvalue weighted by molar-refractivity contribution is -0.138. The van der Waals surface area contributed by atoms with Crippen LogP contribution in [-0.2, 0) is 28.8 Å². The summed E-state index contributed by atoms with van der Waals surface area (Å²) in [4.78, 5) is 73.4. The molecule has 1 aliphatic heterocycles. The van der Waals surface area contributed by atoms with Crippen molar-refractivity contribution in [1.82, 2.24) is 20.9 Å². The molecule has 1 aliphatic rings. The molecule has 44 heavy (non-hydrogen) atoms. The summed E-state index contributed by atoms with van der Waals surface area (Å²) >= 11 is 0. The summed E-state index contributed by atoms with van der Waals surface area (Å²) in [7, 11) is 0. The van der Waals surface area contributed by atoms with E-state index in [1.165, 1.54) is 18.2 Å². The summed E-state index contributed by atoms with van der Waals surface area (Å²) in [6, 6.07) is -2.54. The molecule has 0 aromatic heterocycles. The van der Waals surface area contributed by atoms with Crippen molar-refractivity contribution in [1.29, 1.82) is 0 Å². The summed E-state index contributed by atoms with van der Waals surface area (Å²) in [5.74, 6) is -2.81. The van der Waals surface area contributed by atoms with Crippen LogP contribution in [0.2, 0.25) is 0 Å². The Bertz CT molecular complexity index is 776. The maximum absolute atomic E-state index is 12.6. The van der Waals surface area contributed by atoms with Crippen molar-refractivity contribution in [3.05, 3.63) is 0 Å². The molecule has 0 spiro atoms. The third-order valence-electron chi connectivity index (χ3n) is 5.24. The van der Waals surface area contributed by atoms with Gasteiger partial charge >= 0.3 is 0 Å². The predicted octanol–water partition coefficient (Wildman–Crippen LogP) is 3.44. The first-order chi connectivity index (χ1) is 20.8. The smallest absolute Gasteiger partial charge is 0.243 e. The molecule has 0 saturated carbocycles. The molecule has 12 nitrogen and oxygen atoms in total. The van der Waals surface area contributed by atoms with Gasteiger partial charge in [-0.2, -0.15) is 0 Å². The van der Waals surface area contributed by atoms with Crippen LogP contribution in [0.4, 0.5) is 0 Å². The molecular weight excluding hydrogens is 564 g/mol. The number of ketones is 1. The largest absolute Gasteiger partial charge is 0.368 e. The van der Waals surface area contributed by atoms with Gasteiger partial charge in [-0.3, -0.25) is 24.0 Å². The Morgan fingerprint density at radius 3 is 1.75 bits per heavy atom. The Morgan fingerprint density at radius 1 is 0.841 bits per heavy atom. The predicted molar refractivity (Wildman–Crippen MR) is 181 cm³/mol. The maximum atomic E-state index is 12.6. The van der Waals surface area contributed by atoms with Gasteiger partial charge in [0, 0.05) is 13.0 Å². The molecule has 1 heterocycles. The van der Waals surface area contributed by atoms with Crippen LogP contribution >= 0.6 is 0 Å². The van der Waals surface area contributed by atoms with Crippen molar-refractivity contribution in [2.24, 2.45) is 17.4 Å². The number of carbonyl (C=O) groups excluding carboxylic acids is 6. The number of amides is 5. The summed E-state index contributed by atoms with van der Waals surface area (Å²) in [6.07, 6.45) is 2.87. The number of carbonyl (C=O) groups is 6. The van der Waals surface area contributed by atoms with E-state index in [-0.39, 0.29) is 37.6 Å². The monoisotopic (exact) mass is 633 g/mol. The highest BCUT2D eigenvalue weighted by Gasteiger charge is 2.33. The van der Waals surface area contributed by atoms with E-state index < -0.39 is 47.7 Å². The Kier molecular flexibility index (Phi) is 39.6. The number of hydrogen-bond donors (Lipinski definition) is 5. The molecule has 1 saturated heterocycles. The van der Waals surface area contributed by atoms with Crippen LogP contribution in [0.5, 0.6) is 0 Å². The second kappa shape index (κ2) is 34.5. The fourth-order valence-electron chi connectivity index (χ4n) is 3.52. The third kappa shape index (κ3) is 26.6. The summed E-state index contributed by atoms with van der Waals surface area (Å²) in [6.45, 7) is 25.0. The van der Waals surface area contributed by atoms with Crippen LogP contribution in [-0.4, -0.2) is 78.0 Å². The van der Waals surface area contributed by atoms with E-state index in [9.17, 15) is 28.8 Å². The van der Waals surface area contributed by atoms with Gasteiger partial charge in [0.25, 0.3) is 0 Å². The third-order valence-corrected chi connectivity index (χ3v) is 5.24. The van der Waals surface area contributed by atoms with Gasteiger partial charge < -0.3 is 37.1 Å². The minimum atomic E-state index is -1.08. The maximum Gasteiger partial charge on any atom is 0.243 e. The van der Waals surface area contributed by atoms with Crippen molar-refractivity contribution >= 4 is 35.3 Å². The quantitative estimate of drug-likeness (QED) is 0.205. The van der Waals surface area contributed by atoms with Crippen molar-refractivity contribution < 1.29 is 28.8 Å². The molecule has 7 N–H and O–H groups in total. The highest BCUT2D eigenvalue weighted by atomic mass is 16.2. The number of hydrogen-bond acceptors (Lipinski definition) is 7. The molecule has 0 aromatic carbocycles. The first-order valence-corrected chi connectivity index (χ1v) is 16.5. The van der Waals surface area contributed by atoms with Gasteiger partial charge in [-0.1, -0.05) is 89.5 Å². The number of primary amides is 1. The van der Waals surface area contributed by atoms with Crippen LogP contribution in [0, 0.1) is 5.92 Å². The zero-order valence-electron chi connectivity index (χ0n) is 30.2. The second-order valence-corrected chi connectivity index (χ2v) is 9.39. The Hall–Kier alpha value is -3.02. The highest BCUT2D eigenvalue weighted by molar-refractivity contribution is 5.94. The molecule has 0 radical (unpaired) electrons. The number of nitrogens with one attached hydrogen (secondary N) is 3. The lowest BCUT2D eigenvalue weighted by Crippen LogP contribution is -2.53. The molecule has 1 rings (SSSR count). The fourth-order valence-corrected chi connectivity index (χ4v) is 3.52. The van der Waals surface area contributed by atoms with Crippen molar-refractivity contribution in [2.45, 2.75) is 147 Å². The van der Waals surface area contributed by atoms with E-state index in [2.05, 4.69) is 29.8 Å². The van der Waals surface area contributed by atoms with E-state index in [0.717, 1.165) is 0 Å². The normalized spacial score (nSPS) is 13.9. The van der Waals surface area contributed by atoms with Gasteiger partial charge in [-0.25, -0.2) is 0 Å². The Balaban J connectivity index is -0.000000409. The molecule has 3 atom stereocenters. The van der Waals surface area contributed by atoms with Crippen molar-refractivity contribution in [3.8, 4) is 0 Å². The lowest BCUT2D eigenvalue weighted by Gasteiger charge is -2.23. The Morgan fingerprint density at radius 2 is 1.32 bits per heavy atom. The fraction of sp³-hybridized carbons (Fsp3) is 0.812. The average molecular weight is 633 g/mol. The van der Waals surface area contributed by atoms with Gasteiger partial charge in [0.15, 0.2) is 0 Å². The molecule has 0 aromatic rings. The SMILES string of the molecule is CC.CC.CC.CC.CC(=O)CCC(NC(=O)CNC(=O)C(N)CC(C)C)C(=O)NCC(=O)N1CCCC1C(N)=O.CCC. The minimum Gasteiger partial charge on any atom is -0.368 e. The molecule has 0 bridgehead atoms. The van der Waals surface area contributed by atoms with E-state index >= 15 is 0 Å². The van der Waals surface area contributed by atoms with Gasteiger partial charge in [0.2, 0.25) is 29.5 Å². The van der Waals surface area contributed by atoms with Gasteiger partial charge in [-0.15, -0.1) is 0 Å². The van der Waals surface area contributed by atoms with Crippen molar-refractivity contribution in [3.63, 3.8) is 0 Å². The van der Waals surface area contributed by atoms with Crippen LogP contribution in [0.3, 0.4) is 0 Å². The van der Waals surface area contributed by atoms with Gasteiger partial charge in [0.1, 0.15) is 17.9 Å². The molecule has 1 fully saturated rings. The van der Waals surface area contributed by atoms with Crippen molar-refractivity contribution in [2.75, 3.05) is 19.6 Å². The van der Waals surface area contributed by atoms with Crippen LogP contribution in [0.15, 0.2) is 0 Å². The summed E-state index contributed by atoms with van der Waals surface area (Å²) in [5.41, 5.74) is 11.1. The summed E-state index contributed by atoms with van der Waals surface area (Å²) in [5, 5.41) is 7.33. The molecular formula is C32H68N6O6.